The molecule has 0 saturated carbocycles. The fourth-order valence-corrected chi connectivity index (χ4v) is 1.80. The molecule has 0 fully saturated rings. The Hall–Kier alpha value is -2.04. The van der Waals surface area contributed by atoms with Crippen molar-refractivity contribution >= 4 is 5.95 Å². The van der Waals surface area contributed by atoms with Gasteiger partial charge in [0.25, 0.3) is 0 Å². The highest BCUT2D eigenvalue weighted by atomic mass is 19.1. The summed E-state index contributed by atoms with van der Waals surface area (Å²) in [6, 6.07) is 4.81. The SMILES string of the molecule is CCOc1ccc(-c2nc(N)n(C)c2C)cc1F. The molecule has 2 aromatic rings. The van der Waals surface area contributed by atoms with E-state index in [9.17, 15) is 4.39 Å². The zero-order chi connectivity index (χ0) is 13.3. The monoisotopic (exact) mass is 249 g/mol. The lowest BCUT2D eigenvalue weighted by Crippen LogP contribution is -1.97. The van der Waals surface area contributed by atoms with Gasteiger partial charge in [0.2, 0.25) is 5.95 Å². The number of hydrogen-bond donors (Lipinski definition) is 1. The highest BCUT2D eigenvalue weighted by Gasteiger charge is 2.13. The van der Waals surface area contributed by atoms with Crippen LogP contribution in [0.4, 0.5) is 10.3 Å². The number of hydrogen-bond acceptors (Lipinski definition) is 3. The van der Waals surface area contributed by atoms with Crippen LogP contribution >= 0.6 is 0 Å². The van der Waals surface area contributed by atoms with Gasteiger partial charge in [-0.25, -0.2) is 9.37 Å². The van der Waals surface area contributed by atoms with Crippen LogP contribution in [0.2, 0.25) is 0 Å². The molecule has 4 nitrogen and oxygen atoms in total. The van der Waals surface area contributed by atoms with Crippen molar-refractivity contribution in [2.24, 2.45) is 7.05 Å². The topological polar surface area (TPSA) is 53.1 Å². The van der Waals surface area contributed by atoms with Gasteiger partial charge >= 0.3 is 0 Å². The predicted molar refractivity (Wildman–Crippen MR) is 68.9 cm³/mol. The fraction of sp³-hybridized carbons (Fsp3) is 0.308. The summed E-state index contributed by atoms with van der Waals surface area (Å²) in [7, 11) is 1.83. The van der Waals surface area contributed by atoms with E-state index in [4.69, 9.17) is 10.5 Å². The molecule has 5 heteroatoms. The van der Waals surface area contributed by atoms with Crippen molar-refractivity contribution in [1.82, 2.24) is 9.55 Å². The maximum Gasteiger partial charge on any atom is 0.200 e. The summed E-state index contributed by atoms with van der Waals surface area (Å²) >= 11 is 0. The van der Waals surface area contributed by atoms with E-state index in [0.29, 0.717) is 23.8 Å². The Morgan fingerprint density at radius 2 is 2.17 bits per heavy atom. The van der Waals surface area contributed by atoms with Crippen LogP contribution in [0.5, 0.6) is 5.75 Å². The molecule has 0 bridgehead atoms. The summed E-state index contributed by atoms with van der Waals surface area (Å²) in [5.74, 6) is 0.276. The quantitative estimate of drug-likeness (QED) is 0.909. The van der Waals surface area contributed by atoms with Crippen molar-refractivity contribution in [1.29, 1.82) is 0 Å². The minimum Gasteiger partial charge on any atom is -0.491 e. The fourth-order valence-electron chi connectivity index (χ4n) is 1.80. The van der Waals surface area contributed by atoms with Gasteiger partial charge in [-0.1, -0.05) is 0 Å². The second kappa shape index (κ2) is 4.68. The van der Waals surface area contributed by atoms with Crippen LogP contribution < -0.4 is 10.5 Å². The second-order valence-electron chi connectivity index (χ2n) is 4.04. The molecule has 0 aliphatic heterocycles. The lowest BCUT2D eigenvalue weighted by Gasteiger charge is -2.06. The van der Waals surface area contributed by atoms with Gasteiger partial charge in [0.1, 0.15) is 0 Å². The van der Waals surface area contributed by atoms with Gasteiger partial charge < -0.3 is 15.0 Å². The standard InChI is InChI=1S/C13H16FN3O/c1-4-18-11-6-5-9(7-10(11)14)12-8(2)17(3)13(15)16-12/h5-7H,4H2,1-3H3,(H2,15,16). The molecule has 0 spiro atoms. The van der Waals surface area contributed by atoms with Gasteiger partial charge in [0, 0.05) is 18.3 Å². The van der Waals surface area contributed by atoms with Gasteiger partial charge in [-0.2, -0.15) is 0 Å². The largest absolute Gasteiger partial charge is 0.491 e. The Labute approximate surface area is 105 Å². The summed E-state index contributed by atoms with van der Waals surface area (Å²) in [5.41, 5.74) is 8.01. The zero-order valence-electron chi connectivity index (χ0n) is 10.7. The Bertz CT molecular complexity index is 578. The summed E-state index contributed by atoms with van der Waals surface area (Å²) in [4.78, 5) is 4.23. The number of rotatable bonds is 3. The number of imidazole rings is 1. The van der Waals surface area contributed by atoms with Crippen molar-refractivity contribution in [2.75, 3.05) is 12.3 Å². The summed E-state index contributed by atoms with van der Waals surface area (Å²) in [6.45, 7) is 4.15. The third-order valence-corrected chi connectivity index (χ3v) is 2.92. The van der Waals surface area contributed by atoms with Crippen LogP contribution in [0.3, 0.4) is 0 Å². The van der Waals surface area contributed by atoms with E-state index >= 15 is 0 Å². The third-order valence-electron chi connectivity index (χ3n) is 2.92. The Morgan fingerprint density at radius 3 is 2.67 bits per heavy atom. The van der Waals surface area contributed by atoms with Crippen molar-refractivity contribution in [2.45, 2.75) is 13.8 Å². The van der Waals surface area contributed by atoms with Gasteiger partial charge in [0.05, 0.1) is 12.3 Å². The van der Waals surface area contributed by atoms with Crippen molar-refractivity contribution in [3.05, 3.63) is 29.7 Å². The molecular weight excluding hydrogens is 233 g/mol. The maximum absolute atomic E-state index is 13.8. The average molecular weight is 249 g/mol. The number of nitrogens with zero attached hydrogens (tertiary/aromatic N) is 2. The Balaban J connectivity index is 2.45. The maximum atomic E-state index is 13.8. The molecule has 2 rings (SSSR count). The minimum atomic E-state index is -0.391. The van der Waals surface area contributed by atoms with Crippen LogP contribution in [-0.2, 0) is 7.05 Å². The van der Waals surface area contributed by atoms with Gasteiger partial charge in [-0.3, -0.25) is 0 Å². The van der Waals surface area contributed by atoms with Gasteiger partial charge in [-0.15, -0.1) is 0 Å². The molecule has 0 aliphatic carbocycles. The molecule has 96 valence electrons. The molecule has 0 saturated heterocycles. The molecule has 0 unspecified atom stereocenters. The van der Waals surface area contributed by atoms with E-state index in [0.717, 1.165) is 5.69 Å². The smallest absolute Gasteiger partial charge is 0.200 e. The number of benzene rings is 1. The predicted octanol–water partition coefficient (Wildman–Crippen LogP) is 2.52. The molecule has 1 aromatic heterocycles. The van der Waals surface area contributed by atoms with Crippen molar-refractivity contribution in [3.63, 3.8) is 0 Å². The van der Waals surface area contributed by atoms with Crippen molar-refractivity contribution < 1.29 is 9.13 Å². The van der Waals surface area contributed by atoms with Crippen LogP contribution in [0.15, 0.2) is 18.2 Å². The van der Waals surface area contributed by atoms with E-state index in [1.165, 1.54) is 6.07 Å². The molecular formula is C13H16FN3O. The van der Waals surface area contributed by atoms with E-state index < -0.39 is 5.82 Å². The molecule has 1 aromatic carbocycles. The lowest BCUT2D eigenvalue weighted by atomic mass is 10.1. The molecule has 2 N–H and O–H groups in total. The summed E-state index contributed by atoms with van der Waals surface area (Å²) < 4.78 is 20.7. The Morgan fingerprint density at radius 1 is 1.44 bits per heavy atom. The molecule has 18 heavy (non-hydrogen) atoms. The third kappa shape index (κ3) is 2.03. The van der Waals surface area contributed by atoms with Crippen LogP contribution in [0.25, 0.3) is 11.3 Å². The number of anilines is 1. The molecule has 0 amide bonds. The summed E-state index contributed by atoms with van der Waals surface area (Å²) in [5, 5.41) is 0. The van der Waals surface area contributed by atoms with Gasteiger partial charge in [0.15, 0.2) is 11.6 Å². The van der Waals surface area contributed by atoms with Crippen LogP contribution in [-0.4, -0.2) is 16.2 Å². The number of nitrogen functional groups attached to an aromatic ring is 1. The molecule has 1 heterocycles. The number of ether oxygens (including phenoxy) is 1. The Kier molecular flexibility index (Phi) is 3.23. The normalized spacial score (nSPS) is 10.7. The zero-order valence-corrected chi connectivity index (χ0v) is 10.7. The minimum absolute atomic E-state index is 0.253. The average Bonchev–Trinajstić information content (AvgIpc) is 2.60. The highest BCUT2D eigenvalue weighted by Crippen LogP contribution is 2.28. The number of halogens is 1. The summed E-state index contributed by atoms with van der Waals surface area (Å²) in [6.07, 6.45) is 0. The van der Waals surface area contributed by atoms with E-state index in [1.807, 2.05) is 20.9 Å². The number of nitrogens with two attached hydrogens (primary N) is 1. The molecule has 0 radical (unpaired) electrons. The van der Waals surface area contributed by atoms with E-state index in [1.54, 1.807) is 16.7 Å². The van der Waals surface area contributed by atoms with E-state index in [-0.39, 0.29) is 5.75 Å². The molecule has 0 aliphatic rings. The lowest BCUT2D eigenvalue weighted by molar-refractivity contribution is 0.321. The van der Waals surface area contributed by atoms with E-state index in [2.05, 4.69) is 4.98 Å². The highest BCUT2D eigenvalue weighted by molar-refractivity contribution is 5.65. The first-order chi connectivity index (χ1) is 8.54. The second-order valence-corrected chi connectivity index (χ2v) is 4.04. The first-order valence-electron chi connectivity index (χ1n) is 5.76. The van der Waals surface area contributed by atoms with Crippen LogP contribution in [0, 0.1) is 12.7 Å². The molecule has 0 atom stereocenters. The van der Waals surface area contributed by atoms with Crippen molar-refractivity contribution in [3.8, 4) is 17.0 Å². The first-order valence-corrected chi connectivity index (χ1v) is 5.76. The van der Waals surface area contributed by atoms with Gasteiger partial charge in [-0.05, 0) is 32.0 Å². The number of aromatic nitrogens is 2. The first kappa shape index (κ1) is 12.4. The van der Waals surface area contributed by atoms with Crippen LogP contribution in [0.1, 0.15) is 12.6 Å².